The molecule has 1 heterocycles. The molecule has 0 aliphatic rings. The zero-order chi connectivity index (χ0) is 8.97. The summed E-state index contributed by atoms with van der Waals surface area (Å²) in [6, 6.07) is 3.78. The van der Waals surface area contributed by atoms with Crippen LogP contribution in [0.15, 0.2) is 15.9 Å². The zero-order valence-electron chi connectivity index (χ0n) is 6.35. The van der Waals surface area contributed by atoms with Crippen LogP contribution in [-0.2, 0) is 0 Å². The molecule has 0 saturated carbocycles. The van der Waals surface area contributed by atoms with E-state index in [-0.39, 0.29) is 5.78 Å². The maximum absolute atomic E-state index is 11.4. The largest absolute Gasteiger partial charge is 0.293 e. The second-order valence-electron chi connectivity index (χ2n) is 2.32. The van der Waals surface area contributed by atoms with Crippen molar-refractivity contribution in [1.29, 1.82) is 0 Å². The van der Waals surface area contributed by atoms with Gasteiger partial charge in [0.15, 0.2) is 5.78 Å². The van der Waals surface area contributed by atoms with E-state index in [1.807, 2.05) is 12.1 Å². The van der Waals surface area contributed by atoms with E-state index in [0.29, 0.717) is 6.42 Å². The lowest BCUT2D eigenvalue weighted by atomic mass is 10.2. The smallest absolute Gasteiger partial charge is 0.172 e. The molecule has 0 unspecified atom stereocenters. The van der Waals surface area contributed by atoms with Gasteiger partial charge in [0.05, 0.1) is 8.66 Å². The first-order valence-corrected chi connectivity index (χ1v) is 6.31. The quantitative estimate of drug-likeness (QED) is 0.609. The van der Waals surface area contributed by atoms with Gasteiger partial charge in [-0.1, -0.05) is 15.9 Å². The summed E-state index contributed by atoms with van der Waals surface area (Å²) in [5, 5.41) is 0.894. The van der Waals surface area contributed by atoms with Crippen molar-refractivity contribution in [2.24, 2.45) is 0 Å². The lowest BCUT2D eigenvalue weighted by Crippen LogP contribution is -1.95. The van der Waals surface area contributed by atoms with Crippen molar-refractivity contribution < 1.29 is 4.79 Å². The molecule has 1 aromatic heterocycles. The van der Waals surface area contributed by atoms with Gasteiger partial charge in [-0.05, 0) is 34.5 Å². The Balaban J connectivity index is 2.53. The molecule has 0 radical (unpaired) electrons. The number of carbonyl (C=O) groups excluding carboxylic acids is 1. The Morgan fingerprint density at radius 1 is 1.50 bits per heavy atom. The lowest BCUT2D eigenvalue weighted by Gasteiger charge is -1.93. The topological polar surface area (TPSA) is 17.1 Å². The summed E-state index contributed by atoms with van der Waals surface area (Å²) in [5.41, 5.74) is 0. The molecule has 0 aliphatic carbocycles. The SMILES string of the molecule is O=C(CCCBr)c1ccc(Br)s1. The summed E-state index contributed by atoms with van der Waals surface area (Å²) in [6.07, 6.45) is 1.55. The fourth-order valence-corrected chi connectivity index (χ4v) is 2.45. The van der Waals surface area contributed by atoms with E-state index in [1.165, 1.54) is 11.3 Å². The second kappa shape index (κ2) is 5.14. The first-order valence-electron chi connectivity index (χ1n) is 3.58. The normalized spacial score (nSPS) is 10.2. The van der Waals surface area contributed by atoms with Crippen molar-refractivity contribution in [3.8, 4) is 0 Å². The first kappa shape index (κ1) is 10.4. The average Bonchev–Trinajstić information content (AvgIpc) is 2.47. The minimum absolute atomic E-state index is 0.241. The molecule has 0 aliphatic heterocycles. The molecule has 0 fully saturated rings. The van der Waals surface area contributed by atoms with Gasteiger partial charge in [0.25, 0.3) is 0 Å². The monoisotopic (exact) mass is 310 g/mol. The van der Waals surface area contributed by atoms with Crippen molar-refractivity contribution in [2.75, 3.05) is 5.33 Å². The Labute approximate surface area is 92.4 Å². The molecule has 0 spiro atoms. The van der Waals surface area contributed by atoms with Gasteiger partial charge in [-0.25, -0.2) is 0 Å². The minimum Gasteiger partial charge on any atom is -0.293 e. The summed E-state index contributed by atoms with van der Waals surface area (Å²) in [5.74, 6) is 0.241. The molecule has 12 heavy (non-hydrogen) atoms. The van der Waals surface area contributed by atoms with E-state index in [0.717, 1.165) is 20.4 Å². The number of thiophene rings is 1. The molecular weight excluding hydrogens is 304 g/mol. The number of halogens is 2. The van der Waals surface area contributed by atoms with E-state index >= 15 is 0 Å². The fourth-order valence-electron chi connectivity index (χ4n) is 0.815. The standard InChI is InChI=1S/C8H8Br2OS/c9-5-1-2-6(11)7-3-4-8(10)12-7/h3-4H,1-2,5H2. The van der Waals surface area contributed by atoms with Crippen LogP contribution in [0.5, 0.6) is 0 Å². The van der Waals surface area contributed by atoms with Crippen LogP contribution in [-0.4, -0.2) is 11.1 Å². The van der Waals surface area contributed by atoms with Gasteiger partial charge in [0.2, 0.25) is 0 Å². The highest BCUT2D eigenvalue weighted by molar-refractivity contribution is 9.11. The second-order valence-corrected chi connectivity index (χ2v) is 5.58. The van der Waals surface area contributed by atoms with Crippen LogP contribution >= 0.6 is 43.2 Å². The minimum atomic E-state index is 0.241. The Hall–Kier alpha value is 0.330. The number of ketones is 1. The van der Waals surface area contributed by atoms with Crippen LogP contribution in [0.1, 0.15) is 22.5 Å². The number of hydrogen-bond acceptors (Lipinski definition) is 2. The molecule has 66 valence electrons. The fraction of sp³-hybridized carbons (Fsp3) is 0.375. The maximum atomic E-state index is 11.4. The third kappa shape index (κ3) is 2.99. The van der Waals surface area contributed by atoms with Gasteiger partial charge in [-0.2, -0.15) is 0 Å². The van der Waals surface area contributed by atoms with E-state index in [9.17, 15) is 4.79 Å². The molecule has 0 saturated heterocycles. The summed E-state index contributed by atoms with van der Waals surface area (Å²) in [4.78, 5) is 12.2. The molecule has 1 aromatic rings. The Bertz CT molecular complexity index is 270. The highest BCUT2D eigenvalue weighted by Gasteiger charge is 2.07. The molecule has 1 nitrogen and oxygen atoms in total. The van der Waals surface area contributed by atoms with Gasteiger partial charge in [-0.3, -0.25) is 4.79 Å². The summed E-state index contributed by atoms with van der Waals surface area (Å²) < 4.78 is 1.02. The van der Waals surface area contributed by atoms with E-state index in [4.69, 9.17) is 0 Å². The van der Waals surface area contributed by atoms with Crippen molar-refractivity contribution in [3.63, 3.8) is 0 Å². The summed E-state index contributed by atoms with van der Waals surface area (Å²) in [7, 11) is 0. The average molecular weight is 312 g/mol. The predicted molar refractivity (Wildman–Crippen MR) is 59.4 cm³/mol. The van der Waals surface area contributed by atoms with Crippen LogP contribution in [0.3, 0.4) is 0 Å². The molecule has 4 heteroatoms. The van der Waals surface area contributed by atoms with Crippen molar-refractivity contribution >= 4 is 49.0 Å². The Morgan fingerprint density at radius 2 is 2.25 bits per heavy atom. The van der Waals surface area contributed by atoms with E-state index < -0.39 is 0 Å². The van der Waals surface area contributed by atoms with Crippen LogP contribution in [0.4, 0.5) is 0 Å². The Kier molecular flexibility index (Phi) is 4.46. The number of rotatable bonds is 4. The van der Waals surface area contributed by atoms with Gasteiger partial charge in [-0.15, -0.1) is 11.3 Å². The van der Waals surface area contributed by atoms with Crippen molar-refractivity contribution in [1.82, 2.24) is 0 Å². The molecule has 0 bridgehead atoms. The lowest BCUT2D eigenvalue weighted by molar-refractivity contribution is 0.0986. The summed E-state index contributed by atoms with van der Waals surface area (Å²) >= 11 is 8.12. The molecule has 0 N–H and O–H groups in total. The number of Topliss-reactive ketones (excluding diaryl/α,β-unsaturated/α-hetero) is 1. The van der Waals surface area contributed by atoms with Gasteiger partial charge in [0, 0.05) is 11.8 Å². The molecular formula is C8H8Br2OS. The summed E-state index contributed by atoms with van der Waals surface area (Å²) in [6.45, 7) is 0. The first-order chi connectivity index (χ1) is 5.74. The van der Waals surface area contributed by atoms with Gasteiger partial charge < -0.3 is 0 Å². The third-order valence-corrected chi connectivity index (χ3v) is 3.61. The molecule has 1 rings (SSSR count). The number of carbonyl (C=O) groups is 1. The van der Waals surface area contributed by atoms with Gasteiger partial charge >= 0.3 is 0 Å². The number of hydrogen-bond donors (Lipinski definition) is 0. The maximum Gasteiger partial charge on any atom is 0.172 e. The van der Waals surface area contributed by atoms with Crippen LogP contribution in [0.2, 0.25) is 0 Å². The zero-order valence-corrected chi connectivity index (χ0v) is 10.3. The van der Waals surface area contributed by atoms with Crippen molar-refractivity contribution in [2.45, 2.75) is 12.8 Å². The van der Waals surface area contributed by atoms with Crippen LogP contribution < -0.4 is 0 Å². The molecule has 0 amide bonds. The van der Waals surface area contributed by atoms with Crippen LogP contribution in [0, 0.1) is 0 Å². The highest BCUT2D eigenvalue weighted by atomic mass is 79.9. The van der Waals surface area contributed by atoms with Crippen molar-refractivity contribution in [3.05, 3.63) is 20.8 Å². The predicted octanol–water partition coefficient (Wildman–Crippen LogP) is 3.87. The number of alkyl halides is 1. The molecule has 0 aromatic carbocycles. The molecule has 0 atom stereocenters. The van der Waals surface area contributed by atoms with Crippen LogP contribution in [0.25, 0.3) is 0 Å². The van der Waals surface area contributed by atoms with E-state index in [2.05, 4.69) is 31.9 Å². The highest BCUT2D eigenvalue weighted by Crippen LogP contribution is 2.23. The third-order valence-electron chi connectivity index (χ3n) is 1.39. The van der Waals surface area contributed by atoms with E-state index in [1.54, 1.807) is 0 Å². The Morgan fingerprint density at radius 3 is 2.75 bits per heavy atom. The van der Waals surface area contributed by atoms with Gasteiger partial charge in [0.1, 0.15) is 0 Å².